The first-order chi connectivity index (χ1) is 12.7. The maximum atomic E-state index is 11.8. The molecule has 1 amide bonds. The van der Waals surface area contributed by atoms with E-state index in [0.717, 1.165) is 12.2 Å². The highest BCUT2D eigenvalue weighted by molar-refractivity contribution is 7.80. The normalized spacial score (nSPS) is 15.1. The summed E-state index contributed by atoms with van der Waals surface area (Å²) in [5.74, 6) is 0.309. The summed E-state index contributed by atoms with van der Waals surface area (Å²) in [6, 6.07) is 11.7. The number of anilines is 1. The fourth-order valence-corrected chi connectivity index (χ4v) is 3.15. The first-order valence-electron chi connectivity index (χ1n) is 8.84. The minimum absolute atomic E-state index is 0.267. The topological polar surface area (TPSA) is 57.5 Å². The third-order valence-electron chi connectivity index (χ3n) is 4.25. The zero-order chi connectivity index (χ0) is 18.2. The standard InChI is InChI=1S/C20H23N3O2S/c24-19(11-10-18-5-4-14-25-18)22-20(26)21-17-8-6-16(7-9-17)15-23-12-2-1-3-13-23/h4-11,14H,1-3,12-13,15H2,(H2,21,22,24,26)/b11-10+. The van der Waals surface area contributed by atoms with E-state index in [1.807, 2.05) is 12.1 Å². The third kappa shape index (κ3) is 5.82. The fourth-order valence-electron chi connectivity index (χ4n) is 2.93. The summed E-state index contributed by atoms with van der Waals surface area (Å²) in [4.78, 5) is 14.3. The molecule has 136 valence electrons. The molecule has 2 heterocycles. The summed E-state index contributed by atoms with van der Waals surface area (Å²) in [6.45, 7) is 3.35. The average molecular weight is 369 g/mol. The second-order valence-electron chi connectivity index (χ2n) is 6.33. The monoisotopic (exact) mass is 369 g/mol. The molecule has 3 rings (SSSR count). The Labute approximate surface area is 159 Å². The van der Waals surface area contributed by atoms with E-state index in [9.17, 15) is 4.79 Å². The van der Waals surface area contributed by atoms with E-state index in [4.69, 9.17) is 16.6 Å². The van der Waals surface area contributed by atoms with E-state index in [-0.39, 0.29) is 11.0 Å². The van der Waals surface area contributed by atoms with Crippen molar-refractivity contribution in [2.75, 3.05) is 18.4 Å². The summed E-state index contributed by atoms with van der Waals surface area (Å²) in [6.07, 6.45) is 8.46. The molecule has 0 bridgehead atoms. The van der Waals surface area contributed by atoms with Gasteiger partial charge >= 0.3 is 0 Å². The van der Waals surface area contributed by atoms with Gasteiger partial charge in [-0.05, 0) is 74.1 Å². The van der Waals surface area contributed by atoms with E-state index in [1.54, 1.807) is 24.5 Å². The first kappa shape index (κ1) is 18.4. The van der Waals surface area contributed by atoms with Gasteiger partial charge in [0.25, 0.3) is 0 Å². The number of piperidine rings is 1. The van der Waals surface area contributed by atoms with E-state index in [2.05, 4.69) is 27.7 Å². The van der Waals surface area contributed by atoms with Crippen molar-refractivity contribution < 1.29 is 9.21 Å². The number of hydrogen-bond acceptors (Lipinski definition) is 4. The molecular formula is C20H23N3O2S. The molecule has 1 aliphatic heterocycles. The predicted molar refractivity (Wildman–Crippen MR) is 108 cm³/mol. The molecule has 0 radical (unpaired) electrons. The number of carbonyl (C=O) groups excluding carboxylic acids is 1. The van der Waals surface area contributed by atoms with Crippen molar-refractivity contribution in [1.82, 2.24) is 10.2 Å². The Hall–Kier alpha value is -2.44. The van der Waals surface area contributed by atoms with E-state index < -0.39 is 0 Å². The zero-order valence-corrected chi connectivity index (χ0v) is 15.4. The predicted octanol–water partition coefficient (Wildman–Crippen LogP) is 3.79. The Morgan fingerprint density at radius 2 is 1.92 bits per heavy atom. The molecular weight excluding hydrogens is 346 g/mol. The molecule has 0 spiro atoms. The minimum Gasteiger partial charge on any atom is -0.465 e. The van der Waals surface area contributed by atoms with Gasteiger partial charge in [-0.2, -0.15) is 0 Å². The number of nitrogens with one attached hydrogen (secondary N) is 2. The van der Waals surface area contributed by atoms with Crippen LogP contribution in [0.2, 0.25) is 0 Å². The highest BCUT2D eigenvalue weighted by Gasteiger charge is 2.10. The number of amides is 1. The van der Waals surface area contributed by atoms with Crippen LogP contribution in [-0.4, -0.2) is 29.0 Å². The minimum atomic E-state index is -0.305. The molecule has 6 heteroatoms. The summed E-state index contributed by atoms with van der Waals surface area (Å²) in [7, 11) is 0. The van der Waals surface area contributed by atoms with Gasteiger partial charge in [-0.1, -0.05) is 18.6 Å². The second-order valence-corrected chi connectivity index (χ2v) is 6.73. The molecule has 26 heavy (non-hydrogen) atoms. The van der Waals surface area contributed by atoms with Gasteiger partial charge in [0.2, 0.25) is 5.91 Å². The number of nitrogens with zero attached hydrogens (tertiary/aromatic N) is 1. The second kappa shape index (κ2) is 9.31. The summed E-state index contributed by atoms with van der Waals surface area (Å²) in [5, 5.41) is 5.91. The highest BCUT2D eigenvalue weighted by atomic mass is 32.1. The maximum absolute atomic E-state index is 11.8. The lowest BCUT2D eigenvalue weighted by Gasteiger charge is -2.26. The van der Waals surface area contributed by atoms with Crippen LogP contribution < -0.4 is 10.6 Å². The lowest BCUT2D eigenvalue weighted by Crippen LogP contribution is -2.32. The Morgan fingerprint density at radius 3 is 2.62 bits per heavy atom. The van der Waals surface area contributed by atoms with E-state index in [1.165, 1.54) is 44.0 Å². The molecule has 5 nitrogen and oxygen atoms in total. The van der Waals surface area contributed by atoms with Crippen LogP contribution in [0.25, 0.3) is 6.08 Å². The number of hydrogen-bond donors (Lipinski definition) is 2. The number of rotatable bonds is 5. The molecule has 1 aromatic heterocycles. The fraction of sp³-hybridized carbons (Fsp3) is 0.300. The summed E-state index contributed by atoms with van der Waals surface area (Å²) < 4.78 is 5.13. The van der Waals surface area contributed by atoms with Crippen LogP contribution >= 0.6 is 12.2 Å². The van der Waals surface area contributed by atoms with Crippen molar-refractivity contribution in [3.63, 3.8) is 0 Å². The maximum Gasteiger partial charge on any atom is 0.250 e. The molecule has 1 fully saturated rings. The summed E-state index contributed by atoms with van der Waals surface area (Å²) >= 11 is 5.18. The van der Waals surface area contributed by atoms with Crippen LogP contribution in [0.4, 0.5) is 5.69 Å². The van der Waals surface area contributed by atoms with Crippen molar-refractivity contribution in [1.29, 1.82) is 0 Å². The molecule has 1 aromatic carbocycles. The smallest absolute Gasteiger partial charge is 0.250 e. The van der Waals surface area contributed by atoms with Gasteiger partial charge in [0.05, 0.1) is 6.26 Å². The number of furan rings is 1. The summed E-state index contributed by atoms with van der Waals surface area (Å²) in [5.41, 5.74) is 2.14. The lowest BCUT2D eigenvalue weighted by atomic mass is 10.1. The number of carbonyl (C=O) groups is 1. The van der Waals surface area contributed by atoms with Crippen molar-refractivity contribution in [3.8, 4) is 0 Å². The van der Waals surface area contributed by atoms with Crippen LogP contribution in [0.3, 0.4) is 0 Å². The number of benzene rings is 1. The van der Waals surface area contributed by atoms with Crippen molar-refractivity contribution in [2.45, 2.75) is 25.8 Å². The van der Waals surface area contributed by atoms with Gasteiger partial charge in [-0.3, -0.25) is 15.0 Å². The number of likely N-dealkylation sites (tertiary alicyclic amines) is 1. The molecule has 0 atom stereocenters. The van der Waals surface area contributed by atoms with Gasteiger partial charge in [0.1, 0.15) is 5.76 Å². The Bertz CT molecular complexity index is 748. The molecule has 0 aliphatic carbocycles. The molecule has 2 aromatic rings. The van der Waals surface area contributed by atoms with Crippen molar-refractivity contribution in [3.05, 3.63) is 60.1 Å². The third-order valence-corrected chi connectivity index (χ3v) is 4.45. The van der Waals surface area contributed by atoms with Crippen LogP contribution in [0.1, 0.15) is 30.6 Å². The van der Waals surface area contributed by atoms with Gasteiger partial charge < -0.3 is 9.73 Å². The van der Waals surface area contributed by atoms with E-state index in [0.29, 0.717) is 5.76 Å². The van der Waals surface area contributed by atoms with Gasteiger partial charge in [0, 0.05) is 18.3 Å². The van der Waals surface area contributed by atoms with Gasteiger partial charge in [-0.25, -0.2) is 0 Å². The van der Waals surface area contributed by atoms with Crippen LogP contribution in [-0.2, 0) is 11.3 Å². The highest BCUT2D eigenvalue weighted by Crippen LogP contribution is 2.15. The average Bonchev–Trinajstić information content (AvgIpc) is 3.16. The Morgan fingerprint density at radius 1 is 1.15 bits per heavy atom. The molecule has 0 saturated carbocycles. The molecule has 1 saturated heterocycles. The number of thiocarbonyl (C=S) groups is 1. The Kier molecular flexibility index (Phi) is 6.57. The quantitative estimate of drug-likeness (QED) is 0.620. The van der Waals surface area contributed by atoms with Crippen molar-refractivity contribution >= 4 is 35.0 Å². The van der Waals surface area contributed by atoms with Crippen LogP contribution in [0, 0.1) is 0 Å². The van der Waals surface area contributed by atoms with Crippen LogP contribution in [0.5, 0.6) is 0 Å². The van der Waals surface area contributed by atoms with Gasteiger partial charge in [0.15, 0.2) is 5.11 Å². The Balaban J connectivity index is 1.45. The SMILES string of the molecule is O=C(/C=C/c1ccco1)NC(=S)Nc1ccc(CN2CCCCC2)cc1. The van der Waals surface area contributed by atoms with Gasteiger partial charge in [-0.15, -0.1) is 0 Å². The largest absolute Gasteiger partial charge is 0.465 e. The zero-order valence-electron chi connectivity index (χ0n) is 14.6. The van der Waals surface area contributed by atoms with Crippen LogP contribution in [0.15, 0.2) is 53.2 Å². The van der Waals surface area contributed by atoms with Crippen molar-refractivity contribution in [2.24, 2.45) is 0 Å². The molecule has 2 N–H and O–H groups in total. The van der Waals surface area contributed by atoms with E-state index >= 15 is 0 Å². The molecule has 1 aliphatic rings. The lowest BCUT2D eigenvalue weighted by molar-refractivity contribution is -0.115. The first-order valence-corrected chi connectivity index (χ1v) is 9.25. The molecule has 0 unspecified atom stereocenters.